The van der Waals surface area contributed by atoms with Gasteiger partial charge in [-0.1, -0.05) is 46.3 Å². The van der Waals surface area contributed by atoms with E-state index >= 15 is 0 Å². The minimum atomic E-state index is -0.743. The molecule has 3 amide bonds. The lowest BCUT2D eigenvalue weighted by molar-refractivity contribution is -0.114. The monoisotopic (exact) mass is 631 g/mol. The molecule has 0 aliphatic carbocycles. The number of nitrogens with one attached hydrogen (secondary N) is 3. The van der Waals surface area contributed by atoms with E-state index in [4.69, 9.17) is 0 Å². The van der Waals surface area contributed by atoms with E-state index in [2.05, 4.69) is 31.9 Å². The molecule has 0 heterocycles. The number of hydrogen-bond donors (Lipinski definition) is 3. The Labute approximate surface area is 250 Å². The predicted molar refractivity (Wildman–Crippen MR) is 166 cm³/mol. The third-order valence-electron chi connectivity index (χ3n) is 5.78. The summed E-state index contributed by atoms with van der Waals surface area (Å²) in [4.78, 5) is 39.2. The standard InChI is InChI=1S/C32H27BrFN3O3S/c1-20-15-21(2)17-25(16-20)35-30(38)19-41-26-13-11-24(12-14-26)36-32(40)29(18-22-7-9-23(33)10-8-22)37-31(39)27-5-3-4-6-28(27)34/h3-18H,19H2,1-2H3,(H,35,38)(H,36,40)(H,37,39). The van der Waals surface area contributed by atoms with Crippen molar-refractivity contribution in [2.45, 2.75) is 18.7 Å². The molecule has 0 aliphatic heterocycles. The zero-order valence-electron chi connectivity index (χ0n) is 22.3. The number of rotatable bonds is 9. The second-order valence-electron chi connectivity index (χ2n) is 9.24. The predicted octanol–water partition coefficient (Wildman–Crippen LogP) is 7.35. The van der Waals surface area contributed by atoms with Crippen LogP contribution in [0.5, 0.6) is 0 Å². The molecule has 208 valence electrons. The molecule has 4 aromatic carbocycles. The molecule has 6 nitrogen and oxygen atoms in total. The molecule has 0 bridgehead atoms. The summed E-state index contributed by atoms with van der Waals surface area (Å²) in [6, 6.07) is 25.6. The van der Waals surface area contributed by atoms with Gasteiger partial charge in [-0.25, -0.2) is 4.39 Å². The number of benzene rings is 4. The fraction of sp³-hybridized carbons (Fsp3) is 0.0938. The van der Waals surface area contributed by atoms with E-state index in [9.17, 15) is 18.8 Å². The number of thioether (sulfide) groups is 1. The number of amides is 3. The van der Waals surface area contributed by atoms with Crippen molar-refractivity contribution in [1.82, 2.24) is 5.32 Å². The number of anilines is 2. The van der Waals surface area contributed by atoms with Gasteiger partial charge in [0, 0.05) is 20.7 Å². The van der Waals surface area contributed by atoms with Gasteiger partial charge in [-0.05, 0) is 97.3 Å². The second kappa shape index (κ2) is 13.9. The molecule has 4 aromatic rings. The molecule has 0 saturated carbocycles. The summed E-state index contributed by atoms with van der Waals surface area (Å²) in [5.74, 6) is -1.91. The van der Waals surface area contributed by atoms with Crippen LogP contribution in [-0.4, -0.2) is 23.5 Å². The van der Waals surface area contributed by atoms with Gasteiger partial charge in [-0.3, -0.25) is 14.4 Å². The van der Waals surface area contributed by atoms with Crippen LogP contribution in [0.25, 0.3) is 6.08 Å². The zero-order chi connectivity index (χ0) is 29.4. The number of halogens is 2. The van der Waals surface area contributed by atoms with E-state index in [1.54, 1.807) is 54.6 Å². The lowest BCUT2D eigenvalue weighted by Crippen LogP contribution is -2.31. The molecule has 4 rings (SSSR count). The Kier molecular flexibility index (Phi) is 10.1. The van der Waals surface area contributed by atoms with Crippen LogP contribution in [0.3, 0.4) is 0 Å². The van der Waals surface area contributed by atoms with Crippen LogP contribution in [0.1, 0.15) is 27.0 Å². The fourth-order valence-corrected chi connectivity index (χ4v) is 4.91. The molecule has 0 aromatic heterocycles. The SMILES string of the molecule is Cc1cc(C)cc(NC(=O)CSc2ccc(NC(=O)C(=Cc3ccc(Br)cc3)NC(=O)c3ccccc3F)cc2)c1. The average Bonchev–Trinajstić information content (AvgIpc) is 2.93. The maximum Gasteiger partial charge on any atom is 0.272 e. The first kappa shape index (κ1) is 29.8. The summed E-state index contributed by atoms with van der Waals surface area (Å²) in [5.41, 5.74) is 3.84. The van der Waals surface area contributed by atoms with Crippen molar-refractivity contribution in [2.75, 3.05) is 16.4 Å². The van der Waals surface area contributed by atoms with E-state index in [-0.39, 0.29) is 22.9 Å². The van der Waals surface area contributed by atoms with Gasteiger partial charge in [0.1, 0.15) is 11.5 Å². The lowest BCUT2D eigenvalue weighted by Gasteiger charge is -2.12. The van der Waals surface area contributed by atoms with Crippen LogP contribution in [0.15, 0.2) is 106 Å². The number of hydrogen-bond acceptors (Lipinski definition) is 4. The van der Waals surface area contributed by atoms with Crippen LogP contribution in [-0.2, 0) is 9.59 Å². The minimum absolute atomic E-state index is 0.0536. The first-order chi connectivity index (χ1) is 19.7. The summed E-state index contributed by atoms with van der Waals surface area (Å²) in [6.07, 6.45) is 1.51. The maximum absolute atomic E-state index is 14.2. The number of carbonyl (C=O) groups is 3. The normalized spacial score (nSPS) is 11.1. The van der Waals surface area contributed by atoms with Crippen molar-refractivity contribution in [3.05, 3.63) is 129 Å². The Morgan fingerprint density at radius 1 is 0.829 bits per heavy atom. The smallest absolute Gasteiger partial charge is 0.272 e. The Hall–Kier alpha value is -4.21. The quantitative estimate of drug-likeness (QED) is 0.133. The van der Waals surface area contributed by atoms with Crippen molar-refractivity contribution in [2.24, 2.45) is 0 Å². The Morgan fingerprint density at radius 3 is 2.15 bits per heavy atom. The molecule has 0 aliphatic rings. The Morgan fingerprint density at radius 2 is 1.49 bits per heavy atom. The summed E-state index contributed by atoms with van der Waals surface area (Å²) < 4.78 is 15.0. The topological polar surface area (TPSA) is 87.3 Å². The molecule has 9 heteroatoms. The van der Waals surface area contributed by atoms with E-state index in [1.165, 1.54) is 36.0 Å². The summed E-state index contributed by atoms with van der Waals surface area (Å²) in [7, 11) is 0. The van der Waals surface area contributed by atoms with Gasteiger partial charge in [-0.2, -0.15) is 0 Å². The molecular weight excluding hydrogens is 605 g/mol. The van der Waals surface area contributed by atoms with E-state index in [0.29, 0.717) is 11.3 Å². The molecule has 41 heavy (non-hydrogen) atoms. The number of carbonyl (C=O) groups excluding carboxylic acids is 3. The average molecular weight is 633 g/mol. The fourth-order valence-electron chi connectivity index (χ4n) is 3.94. The molecule has 0 radical (unpaired) electrons. The first-order valence-electron chi connectivity index (χ1n) is 12.6. The van der Waals surface area contributed by atoms with Crippen LogP contribution in [0.4, 0.5) is 15.8 Å². The molecule has 0 unspecified atom stereocenters. The highest BCUT2D eigenvalue weighted by atomic mass is 79.9. The van der Waals surface area contributed by atoms with Gasteiger partial charge in [-0.15, -0.1) is 11.8 Å². The van der Waals surface area contributed by atoms with Crippen molar-refractivity contribution < 1.29 is 18.8 Å². The largest absolute Gasteiger partial charge is 0.325 e. The maximum atomic E-state index is 14.2. The molecule has 0 atom stereocenters. The zero-order valence-corrected chi connectivity index (χ0v) is 24.7. The van der Waals surface area contributed by atoms with E-state index < -0.39 is 17.6 Å². The van der Waals surface area contributed by atoms with E-state index in [0.717, 1.165) is 26.2 Å². The van der Waals surface area contributed by atoms with Crippen LogP contribution in [0, 0.1) is 19.7 Å². The second-order valence-corrected chi connectivity index (χ2v) is 11.2. The van der Waals surface area contributed by atoms with Crippen LogP contribution in [0.2, 0.25) is 0 Å². The van der Waals surface area contributed by atoms with Gasteiger partial charge in [0.25, 0.3) is 11.8 Å². The van der Waals surface area contributed by atoms with Crippen LogP contribution < -0.4 is 16.0 Å². The minimum Gasteiger partial charge on any atom is -0.325 e. The highest BCUT2D eigenvalue weighted by Gasteiger charge is 2.17. The molecule has 3 N–H and O–H groups in total. The van der Waals surface area contributed by atoms with Gasteiger partial charge in [0.2, 0.25) is 5.91 Å². The van der Waals surface area contributed by atoms with Crippen molar-refractivity contribution in [3.63, 3.8) is 0 Å². The van der Waals surface area contributed by atoms with E-state index in [1.807, 2.05) is 32.0 Å². The Balaban J connectivity index is 1.41. The van der Waals surface area contributed by atoms with Crippen molar-refractivity contribution >= 4 is 62.9 Å². The number of aryl methyl sites for hydroxylation is 2. The van der Waals surface area contributed by atoms with Crippen LogP contribution >= 0.6 is 27.7 Å². The highest BCUT2D eigenvalue weighted by molar-refractivity contribution is 9.10. The summed E-state index contributed by atoms with van der Waals surface area (Å²) in [5, 5.41) is 8.22. The lowest BCUT2D eigenvalue weighted by atomic mass is 10.1. The molecular formula is C32H27BrFN3O3S. The third-order valence-corrected chi connectivity index (χ3v) is 7.32. The Bertz CT molecular complexity index is 1590. The van der Waals surface area contributed by atoms with Crippen molar-refractivity contribution in [1.29, 1.82) is 0 Å². The molecule has 0 fully saturated rings. The van der Waals surface area contributed by atoms with Gasteiger partial charge >= 0.3 is 0 Å². The summed E-state index contributed by atoms with van der Waals surface area (Å²) >= 11 is 4.74. The highest BCUT2D eigenvalue weighted by Crippen LogP contribution is 2.22. The first-order valence-corrected chi connectivity index (χ1v) is 14.4. The summed E-state index contributed by atoms with van der Waals surface area (Å²) in [6.45, 7) is 3.96. The molecule has 0 saturated heterocycles. The molecule has 0 spiro atoms. The van der Waals surface area contributed by atoms with Gasteiger partial charge < -0.3 is 16.0 Å². The van der Waals surface area contributed by atoms with Gasteiger partial charge in [0.05, 0.1) is 11.3 Å². The third kappa shape index (κ3) is 8.89. The van der Waals surface area contributed by atoms with Crippen molar-refractivity contribution in [3.8, 4) is 0 Å². The van der Waals surface area contributed by atoms with Gasteiger partial charge in [0.15, 0.2) is 0 Å².